The lowest BCUT2D eigenvalue weighted by atomic mass is 10.2. The van der Waals surface area contributed by atoms with Crippen LogP contribution < -0.4 is 0 Å². The second kappa shape index (κ2) is 5.21. The molecule has 0 atom stereocenters. The summed E-state index contributed by atoms with van der Waals surface area (Å²) in [6.07, 6.45) is 3.87. The van der Waals surface area contributed by atoms with Crippen LogP contribution in [0.15, 0.2) is 29.1 Å². The molecule has 2 aromatic rings. The van der Waals surface area contributed by atoms with Gasteiger partial charge in [-0.15, -0.1) is 0 Å². The molecule has 0 radical (unpaired) electrons. The number of hydrogen-bond acceptors (Lipinski definition) is 3. The van der Waals surface area contributed by atoms with Crippen LogP contribution in [0.5, 0.6) is 0 Å². The van der Waals surface area contributed by atoms with E-state index in [-0.39, 0.29) is 24.0 Å². The normalized spacial score (nSPS) is 11.0. The van der Waals surface area contributed by atoms with Crippen molar-refractivity contribution < 1.29 is 18.0 Å². The average Bonchev–Trinajstić information content (AvgIpc) is 2.96. The molecule has 2 aromatic heterocycles. The maximum Gasteiger partial charge on any atom is 0.319 e. The predicted octanol–water partition coefficient (Wildman–Crippen LogP) is 2.45. The molecule has 7 heteroatoms. The fourth-order valence-corrected chi connectivity index (χ4v) is 1.69. The number of amides is 1. The Labute approximate surface area is 108 Å². The molecule has 0 aromatic carbocycles. The molecule has 2 rings (SSSR count). The van der Waals surface area contributed by atoms with Crippen molar-refractivity contribution in [3.63, 3.8) is 0 Å². The molecule has 102 valence electrons. The molecule has 0 saturated heterocycles. The van der Waals surface area contributed by atoms with Gasteiger partial charge in [-0.05, 0) is 13.0 Å². The van der Waals surface area contributed by atoms with Gasteiger partial charge in [-0.3, -0.25) is 9.36 Å². The van der Waals surface area contributed by atoms with E-state index in [0.717, 1.165) is 4.57 Å². The highest BCUT2D eigenvalue weighted by Crippen LogP contribution is 2.16. The Balaban J connectivity index is 2.13. The molecular formula is C12H13F2N3O2. The van der Waals surface area contributed by atoms with Crippen LogP contribution in [-0.4, -0.2) is 27.4 Å². The van der Waals surface area contributed by atoms with Crippen molar-refractivity contribution >= 4 is 5.91 Å². The van der Waals surface area contributed by atoms with Crippen molar-refractivity contribution in [1.29, 1.82) is 0 Å². The third-order valence-electron chi connectivity index (χ3n) is 2.74. The van der Waals surface area contributed by atoms with Gasteiger partial charge in [0.25, 0.3) is 5.91 Å². The second-order valence-electron chi connectivity index (χ2n) is 4.12. The summed E-state index contributed by atoms with van der Waals surface area (Å²) in [7, 11) is 1.51. The van der Waals surface area contributed by atoms with Crippen molar-refractivity contribution in [1.82, 2.24) is 14.5 Å². The lowest BCUT2D eigenvalue weighted by Crippen LogP contribution is -2.28. The highest BCUT2D eigenvalue weighted by Gasteiger charge is 2.20. The Morgan fingerprint density at radius 3 is 2.89 bits per heavy atom. The molecule has 0 aliphatic rings. The van der Waals surface area contributed by atoms with E-state index in [2.05, 4.69) is 4.98 Å². The number of imidazole rings is 1. The third kappa shape index (κ3) is 2.64. The van der Waals surface area contributed by atoms with E-state index in [4.69, 9.17) is 4.42 Å². The van der Waals surface area contributed by atoms with E-state index in [1.807, 2.05) is 0 Å². The number of carbonyl (C=O) groups is 1. The van der Waals surface area contributed by atoms with Gasteiger partial charge in [-0.2, -0.15) is 8.78 Å². The van der Waals surface area contributed by atoms with Crippen LogP contribution in [0.3, 0.4) is 0 Å². The van der Waals surface area contributed by atoms with Crippen LogP contribution in [0.25, 0.3) is 0 Å². The van der Waals surface area contributed by atoms with Gasteiger partial charge in [0.2, 0.25) is 0 Å². The van der Waals surface area contributed by atoms with E-state index >= 15 is 0 Å². The molecular weight excluding hydrogens is 256 g/mol. The number of aryl methyl sites for hydroxylation is 1. The van der Waals surface area contributed by atoms with Crippen LogP contribution in [0.4, 0.5) is 8.78 Å². The summed E-state index contributed by atoms with van der Waals surface area (Å²) in [4.78, 5) is 17.1. The second-order valence-corrected chi connectivity index (χ2v) is 4.12. The largest absolute Gasteiger partial charge is 0.459 e. The van der Waals surface area contributed by atoms with Gasteiger partial charge in [0, 0.05) is 25.0 Å². The van der Waals surface area contributed by atoms with Crippen molar-refractivity contribution in [2.45, 2.75) is 20.0 Å². The molecule has 0 spiro atoms. The Bertz CT molecular complexity index is 577. The van der Waals surface area contributed by atoms with Gasteiger partial charge in [-0.25, -0.2) is 4.98 Å². The fourth-order valence-electron chi connectivity index (χ4n) is 1.69. The first-order valence-corrected chi connectivity index (χ1v) is 5.60. The zero-order valence-corrected chi connectivity index (χ0v) is 10.5. The fraction of sp³-hybridized carbons (Fsp3) is 0.333. The summed E-state index contributed by atoms with van der Waals surface area (Å²) >= 11 is 0. The average molecular weight is 269 g/mol. The molecule has 19 heavy (non-hydrogen) atoms. The maximum absolute atomic E-state index is 12.7. The minimum atomic E-state index is -2.67. The maximum atomic E-state index is 12.7. The molecule has 0 aliphatic carbocycles. The van der Waals surface area contributed by atoms with Crippen LogP contribution in [0, 0.1) is 6.92 Å². The summed E-state index contributed by atoms with van der Waals surface area (Å²) in [5, 5.41) is 0. The molecule has 0 saturated carbocycles. The van der Waals surface area contributed by atoms with Crippen molar-refractivity contribution in [3.8, 4) is 0 Å². The summed E-state index contributed by atoms with van der Waals surface area (Å²) < 4.78 is 31.1. The molecule has 0 aliphatic heterocycles. The lowest BCUT2D eigenvalue weighted by Gasteiger charge is -2.16. The quantitative estimate of drug-likeness (QED) is 0.856. The molecule has 0 N–H and O–H groups in total. The SMILES string of the molecule is Cc1ccoc1C(=O)N(C)Cc1nccn1C(F)F. The molecule has 0 bridgehead atoms. The van der Waals surface area contributed by atoms with E-state index in [0.29, 0.717) is 5.56 Å². The third-order valence-corrected chi connectivity index (χ3v) is 2.74. The summed E-state index contributed by atoms with van der Waals surface area (Å²) in [6, 6.07) is 1.67. The Morgan fingerprint density at radius 2 is 2.32 bits per heavy atom. The van der Waals surface area contributed by atoms with Crippen LogP contribution in [-0.2, 0) is 6.54 Å². The molecule has 0 unspecified atom stereocenters. The predicted molar refractivity (Wildman–Crippen MR) is 62.7 cm³/mol. The first kappa shape index (κ1) is 13.3. The van der Waals surface area contributed by atoms with Crippen LogP contribution in [0.1, 0.15) is 28.5 Å². The zero-order valence-electron chi connectivity index (χ0n) is 10.5. The van der Waals surface area contributed by atoms with Crippen molar-refractivity contribution in [3.05, 3.63) is 41.9 Å². The molecule has 5 nitrogen and oxygen atoms in total. The molecule has 2 heterocycles. The van der Waals surface area contributed by atoms with E-state index in [1.165, 1.54) is 30.6 Å². The molecule has 1 amide bonds. The minimum Gasteiger partial charge on any atom is -0.459 e. The number of furan rings is 1. The first-order chi connectivity index (χ1) is 9.00. The highest BCUT2D eigenvalue weighted by atomic mass is 19.3. The number of aromatic nitrogens is 2. The van der Waals surface area contributed by atoms with Gasteiger partial charge in [-0.1, -0.05) is 0 Å². The van der Waals surface area contributed by atoms with Gasteiger partial charge in [0.15, 0.2) is 5.76 Å². The topological polar surface area (TPSA) is 51.3 Å². The number of hydrogen-bond donors (Lipinski definition) is 0. The number of rotatable bonds is 4. The number of nitrogens with zero attached hydrogens (tertiary/aromatic N) is 3. The number of carbonyl (C=O) groups excluding carboxylic acids is 1. The van der Waals surface area contributed by atoms with E-state index < -0.39 is 6.55 Å². The van der Waals surface area contributed by atoms with Gasteiger partial charge in [0.05, 0.1) is 12.8 Å². The van der Waals surface area contributed by atoms with Gasteiger partial charge < -0.3 is 9.32 Å². The standard InChI is InChI=1S/C12H13F2N3O2/c1-8-3-6-19-10(8)11(18)16(2)7-9-15-4-5-17(9)12(13)14/h3-6,12H,7H2,1-2H3. The van der Waals surface area contributed by atoms with E-state index in [9.17, 15) is 13.6 Å². The summed E-state index contributed by atoms with van der Waals surface area (Å²) in [6.45, 7) is -0.951. The van der Waals surface area contributed by atoms with Crippen molar-refractivity contribution in [2.75, 3.05) is 7.05 Å². The number of alkyl halides is 2. The van der Waals surface area contributed by atoms with Crippen LogP contribution in [0.2, 0.25) is 0 Å². The highest BCUT2D eigenvalue weighted by molar-refractivity contribution is 5.92. The summed E-state index contributed by atoms with van der Waals surface area (Å²) in [5.41, 5.74) is 0.703. The Kier molecular flexibility index (Phi) is 3.64. The van der Waals surface area contributed by atoms with E-state index in [1.54, 1.807) is 13.0 Å². The molecule has 0 fully saturated rings. The first-order valence-electron chi connectivity index (χ1n) is 5.60. The van der Waals surface area contributed by atoms with Gasteiger partial charge >= 0.3 is 6.55 Å². The monoisotopic (exact) mass is 269 g/mol. The van der Waals surface area contributed by atoms with Crippen molar-refractivity contribution in [2.24, 2.45) is 0 Å². The smallest absolute Gasteiger partial charge is 0.319 e. The number of halogens is 2. The lowest BCUT2D eigenvalue weighted by molar-refractivity contribution is 0.0604. The van der Waals surface area contributed by atoms with Gasteiger partial charge in [0.1, 0.15) is 5.82 Å². The summed E-state index contributed by atoms with van der Waals surface area (Å²) in [5.74, 6) is -0.0426. The van der Waals surface area contributed by atoms with Crippen LogP contribution >= 0.6 is 0 Å². The zero-order chi connectivity index (χ0) is 14.0. The Hall–Kier alpha value is -2.18. The Morgan fingerprint density at radius 1 is 1.58 bits per heavy atom. The minimum absolute atomic E-state index is 0.0175.